The highest BCUT2D eigenvalue weighted by atomic mass is 19.2. The number of halogens is 4. The lowest BCUT2D eigenvalue weighted by atomic mass is 9.96. The zero-order chi connectivity index (χ0) is 15.0. The molecule has 0 aliphatic rings. The molecule has 5 heteroatoms. The third kappa shape index (κ3) is 2.03. The van der Waals surface area contributed by atoms with Gasteiger partial charge in [-0.05, 0) is 25.0 Å². The number of nitrogens with zero attached hydrogens (tertiary/aromatic N) is 1. The quantitative estimate of drug-likeness (QED) is 0.560. The van der Waals surface area contributed by atoms with Crippen molar-refractivity contribution in [2.45, 2.75) is 13.8 Å². The van der Waals surface area contributed by atoms with Crippen molar-refractivity contribution >= 4 is 0 Å². The summed E-state index contributed by atoms with van der Waals surface area (Å²) in [4.78, 5) is 0. The minimum Gasteiger partial charge on any atom is -0.203 e. The number of hydrogen-bond acceptors (Lipinski definition) is 1. The Balaban J connectivity index is 2.86. The van der Waals surface area contributed by atoms with Crippen molar-refractivity contribution in [1.82, 2.24) is 0 Å². The fourth-order valence-corrected chi connectivity index (χ4v) is 2.06. The molecule has 2 aromatic rings. The smallest absolute Gasteiger partial charge is 0.180 e. The zero-order valence-electron chi connectivity index (χ0n) is 10.7. The summed E-state index contributed by atoms with van der Waals surface area (Å²) in [5, 5.41) is 8.54. The third-order valence-corrected chi connectivity index (χ3v) is 3.03. The number of rotatable bonds is 1. The maximum atomic E-state index is 13.9. The van der Waals surface area contributed by atoms with Crippen molar-refractivity contribution in [2.24, 2.45) is 0 Å². The summed E-state index contributed by atoms with van der Waals surface area (Å²) >= 11 is 0. The Labute approximate surface area is 113 Å². The van der Waals surface area contributed by atoms with Crippen LogP contribution in [0, 0.1) is 48.4 Å². The molecule has 0 bridgehead atoms. The van der Waals surface area contributed by atoms with Gasteiger partial charge in [-0.2, -0.15) is 5.26 Å². The average Bonchev–Trinajstić information content (AvgIpc) is 2.40. The number of hydrogen-bond donors (Lipinski definition) is 0. The summed E-state index contributed by atoms with van der Waals surface area (Å²) in [5.41, 5.74) is -0.675. The Kier molecular flexibility index (Phi) is 3.49. The van der Waals surface area contributed by atoms with Gasteiger partial charge in [0.1, 0.15) is 11.6 Å². The molecule has 2 rings (SSSR count). The van der Waals surface area contributed by atoms with Crippen molar-refractivity contribution in [3.8, 4) is 17.2 Å². The van der Waals surface area contributed by atoms with Gasteiger partial charge in [0.2, 0.25) is 0 Å². The molecule has 0 aliphatic carbocycles. The fraction of sp³-hybridized carbons (Fsp3) is 0.133. The predicted molar refractivity (Wildman–Crippen MR) is 65.9 cm³/mol. The Morgan fingerprint density at radius 3 is 1.90 bits per heavy atom. The maximum absolute atomic E-state index is 13.9. The molecular formula is C15H9F4N. The van der Waals surface area contributed by atoms with E-state index in [4.69, 9.17) is 5.26 Å². The third-order valence-electron chi connectivity index (χ3n) is 3.03. The minimum atomic E-state index is -1.68. The molecule has 20 heavy (non-hydrogen) atoms. The first-order chi connectivity index (χ1) is 9.38. The minimum absolute atomic E-state index is 0.0490. The molecule has 0 atom stereocenters. The summed E-state index contributed by atoms with van der Waals surface area (Å²) in [6.45, 7) is 3.36. The van der Waals surface area contributed by atoms with Gasteiger partial charge in [0.05, 0.1) is 5.56 Å². The van der Waals surface area contributed by atoms with E-state index in [-0.39, 0.29) is 5.56 Å². The van der Waals surface area contributed by atoms with Crippen molar-refractivity contribution in [3.05, 3.63) is 58.2 Å². The van der Waals surface area contributed by atoms with Gasteiger partial charge in [0.25, 0.3) is 0 Å². The molecule has 0 saturated carbocycles. The standard InChI is InChI=1S/C15H9F4N/c1-7-3-4-9(8(2)5-7)11-14(18)12(16)10(6-20)13(17)15(11)19/h3-5H,1-2H3. The molecule has 0 unspecified atom stereocenters. The van der Waals surface area contributed by atoms with E-state index in [1.165, 1.54) is 6.07 Å². The fourth-order valence-electron chi connectivity index (χ4n) is 2.06. The molecule has 0 saturated heterocycles. The van der Waals surface area contributed by atoms with Crippen LogP contribution in [0.4, 0.5) is 17.6 Å². The summed E-state index contributed by atoms with van der Waals surface area (Å²) in [7, 11) is 0. The van der Waals surface area contributed by atoms with Crippen LogP contribution in [0.2, 0.25) is 0 Å². The van der Waals surface area contributed by atoms with E-state index in [1.807, 2.05) is 0 Å². The van der Waals surface area contributed by atoms with Crippen LogP contribution in [0.5, 0.6) is 0 Å². The van der Waals surface area contributed by atoms with E-state index in [1.54, 1.807) is 26.0 Å². The van der Waals surface area contributed by atoms with Crippen molar-refractivity contribution in [3.63, 3.8) is 0 Å². The molecule has 0 spiro atoms. The highest BCUT2D eigenvalue weighted by molar-refractivity contribution is 5.70. The van der Waals surface area contributed by atoms with Crippen molar-refractivity contribution in [2.75, 3.05) is 0 Å². The van der Waals surface area contributed by atoms with Gasteiger partial charge >= 0.3 is 0 Å². The molecular weight excluding hydrogens is 270 g/mol. The van der Waals surface area contributed by atoms with Crippen LogP contribution >= 0.6 is 0 Å². The van der Waals surface area contributed by atoms with Gasteiger partial charge in [0, 0.05) is 0 Å². The normalized spacial score (nSPS) is 10.4. The zero-order valence-corrected chi connectivity index (χ0v) is 10.7. The molecule has 1 nitrogen and oxygen atoms in total. The van der Waals surface area contributed by atoms with E-state index in [9.17, 15) is 17.6 Å². The van der Waals surface area contributed by atoms with E-state index in [0.717, 1.165) is 11.6 Å². The molecule has 0 heterocycles. The topological polar surface area (TPSA) is 23.8 Å². The molecule has 2 aromatic carbocycles. The Bertz CT molecular complexity index is 716. The van der Waals surface area contributed by atoms with Crippen molar-refractivity contribution < 1.29 is 17.6 Å². The summed E-state index contributed by atoms with van der Waals surface area (Å²) < 4.78 is 55.0. The predicted octanol–water partition coefficient (Wildman–Crippen LogP) is 4.40. The molecule has 0 aromatic heterocycles. The second kappa shape index (κ2) is 4.97. The molecule has 0 amide bonds. The van der Waals surface area contributed by atoms with Crippen LogP contribution in [0.15, 0.2) is 18.2 Å². The van der Waals surface area contributed by atoms with E-state index in [0.29, 0.717) is 5.56 Å². The lowest BCUT2D eigenvalue weighted by molar-refractivity contribution is 0.454. The monoisotopic (exact) mass is 279 g/mol. The average molecular weight is 279 g/mol. The molecule has 0 radical (unpaired) electrons. The summed E-state index contributed by atoms with van der Waals surface area (Å²) in [6, 6.07) is 5.72. The number of benzene rings is 2. The van der Waals surface area contributed by atoms with Crippen LogP contribution in [-0.4, -0.2) is 0 Å². The molecule has 0 fully saturated rings. The first-order valence-corrected chi connectivity index (χ1v) is 5.72. The number of aryl methyl sites for hydroxylation is 2. The second-order valence-corrected chi connectivity index (χ2v) is 4.44. The van der Waals surface area contributed by atoms with Crippen LogP contribution in [0.1, 0.15) is 16.7 Å². The van der Waals surface area contributed by atoms with Crippen LogP contribution in [0.3, 0.4) is 0 Å². The van der Waals surface area contributed by atoms with Gasteiger partial charge in [-0.3, -0.25) is 0 Å². The first-order valence-electron chi connectivity index (χ1n) is 5.72. The summed E-state index contributed by atoms with van der Waals surface area (Å²) in [5.74, 6) is -6.48. The maximum Gasteiger partial charge on any atom is 0.180 e. The van der Waals surface area contributed by atoms with E-state index < -0.39 is 34.4 Å². The first kappa shape index (κ1) is 14.1. The highest BCUT2D eigenvalue weighted by Gasteiger charge is 2.26. The SMILES string of the molecule is Cc1ccc(-c2c(F)c(F)c(C#N)c(F)c2F)c(C)c1. The van der Waals surface area contributed by atoms with E-state index in [2.05, 4.69) is 0 Å². The van der Waals surface area contributed by atoms with Gasteiger partial charge in [-0.1, -0.05) is 23.8 Å². The number of nitriles is 1. The Morgan fingerprint density at radius 1 is 0.900 bits per heavy atom. The second-order valence-electron chi connectivity index (χ2n) is 4.44. The lowest BCUT2D eigenvalue weighted by Crippen LogP contribution is -2.04. The van der Waals surface area contributed by atoms with Gasteiger partial charge in [-0.15, -0.1) is 0 Å². The Morgan fingerprint density at radius 2 is 1.45 bits per heavy atom. The van der Waals surface area contributed by atoms with Gasteiger partial charge < -0.3 is 0 Å². The highest BCUT2D eigenvalue weighted by Crippen LogP contribution is 2.33. The largest absolute Gasteiger partial charge is 0.203 e. The summed E-state index contributed by atoms with van der Waals surface area (Å²) in [6.07, 6.45) is 0. The molecule has 0 N–H and O–H groups in total. The van der Waals surface area contributed by atoms with Crippen LogP contribution < -0.4 is 0 Å². The lowest BCUT2D eigenvalue weighted by Gasteiger charge is -2.11. The molecule has 102 valence electrons. The van der Waals surface area contributed by atoms with Gasteiger partial charge in [-0.25, -0.2) is 17.6 Å². The van der Waals surface area contributed by atoms with Crippen LogP contribution in [-0.2, 0) is 0 Å². The van der Waals surface area contributed by atoms with Crippen molar-refractivity contribution in [1.29, 1.82) is 5.26 Å². The van der Waals surface area contributed by atoms with Gasteiger partial charge in [0.15, 0.2) is 23.3 Å². The van der Waals surface area contributed by atoms with Crippen LogP contribution in [0.25, 0.3) is 11.1 Å². The molecule has 0 aliphatic heterocycles. The van der Waals surface area contributed by atoms with E-state index >= 15 is 0 Å². The Hall–Kier alpha value is -2.35.